The van der Waals surface area contributed by atoms with E-state index in [0.29, 0.717) is 5.89 Å². The molecule has 2 heterocycles. The number of rotatable bonds is 7. The Morgan fingerprint density at radius 2 is 2.20 bits per heavy atom. The molecule has 2 aromatic rings. The van der Waals surface area contributed by atoms with Crippen LogP contribution in [0, 0.1) is 6.92 Å². The number of nitrogens with one attached hydrogen (secondary N) is 1. The summed E-state index contributed by atoms with van der Waals surface area (Å²) in [6.07, 6.45) is 5.79. The van der Waals surface area contributed by atoms with Crippen LogP contribution in [0.3, 0.4) is 0 Å². The van der Waals surface area contributed by atoms with Gasteiger partial charge in [-0.15, -0.1) is 0 Å². The number of hydrogen-bond acceptors (Lipinski definition) is 5. The highest BCUT2D eigenvalue weighted by Crippen LogP contribution is 2.11. The smallest absolute Gasteiger partial charge is 0.243 e. The Balaban J connectivity index is 1.87. The Hall–Kier alpha value is -1.69. The lowest BCUT2D eigenvalue weighted by Crippen LogP contribution is -2.33. The maximum Gasteiger partial charge on any atom is 0.243 e. The second-order valence-electron chi connectivity index (χ2n) is 5.33. The molecule has 20 heavy (non-hydrogen) atoms. The Morgan fingerprint density at radius 3 is 2.85 bits per heavy atom. The molecule has 0 amide bonds. The molecule has 6 heteroatoms. The zero-order valence-corrected chi connectivity index (χ0v) is 12.6. The predicted molar refractivity (Wildman–Crippen MR) is 76.3 cm³/mol. The number of aryl methyl sites for hydroxylation is 2. The van der Waals surface area contributed by atoms with E-state index in [1.54, 1.807) is 0 Å². The number of hydrogen-bond donors (Lipinski definition) is 1. The van der Waals surface area contributed by atoms with Crippen molar-refractivity contribution in [1.29, 1.82) is 0 Å². The first kappa shape index (κ1) is 14.7. The van der Waals surface area contributed by atoms with Crippen LogP contribution in [-0.4, -0.2) is 26.0 Å². The van der Waals surface area contributed by atoms with Gasteiger partial charge in [-0.2, -0.15) is 10.1 Å². The van der Waals surface area contributed by atoms with Gasteiger partial charge in [-0.3, -0.25) is 4.68 Å². The van der Waals surface area contributed by atoms with Crippen LogP contribution >= 0.6 is 0 Å². The van der Waals surface area contributed by atoms with Crippen LogP contribution in [-0.2, 0) is 13.0 Å². The van der Waals surface area contributed by atoms with Crippen molar-refractivity contribution >= 4 is 0 Å². The molecule has 0 saturated carbocycles. The third-order valence-corrected chi connectivity index (χ3v) is 3.09. The third-order valence-electron chi connectivity index (χ3n) is 3.09. The highest BCUT2D eigenvalue weighted by atomic mass is 16.5. The van der Waals surface area contributed by atoms with Gasteiger partial charge in [0.05, 0.1) is 18.8 Å². The van der Waals surface area contributed by atoms with Crippen molar-refractivity contribution in [2.75, 3.05) is 0 Å². The molecular weight excluding hydrogens is 254 g/mol. The van der Waals surface area contributed by atoms with Crippen molar-refractivity contribution in [3.8, 4) is 0 Å². The molecule has 0 radical (unpaired) electrons. The number of aromatic nitrogens is 4. The first-order chi connectivity index (χ1) is 9.58. The molecule has 0 bridgehead atoms. The highest BCUT2D eigenvalue weighted by molar-refractivity contribution is 4.99. The largest absolute Gasteiger partial charge is 0.338 e. The molecule has 0 aliphatic carbocycles. The molecule has 0 fully saturated rings. The first-order valence-corrected chi connectivity index (χ1v) is 7.16. The Bertz CT molecular complexity index is 533. The molecule has 0 aliphatic heterocycles. The Labute approximate surface area is 119 Å². The van der Waals surface area contributed by atoms with E-state index in [1.165, 1.54) is 5.56 Å². The third kappa shape index (κ3) is 3.90. The van der Waals surface area contributed by atoms with Crippen LogP contribution in [0.1, 0.15) is 50.5 Å². The van der Waals surface area contributed by atoms with E-state index in [0.717, 1.165) is 25.2 Å². The normalized spacial score (nSPS) is 14.4. The van der Waals surface area contributed by atoms with Crippen molar-refractivity contribution in [2.45, 2.75) is 59.2 Å². The van der Waals surface area contributed by atoms with Gasteiger partial charge in [0.15, 0.2) is 5.82 Å². The van der Waals surface area contributed by atoms with Crippen molar-refractivity contribution in [2.24, 2.45) is 0 Å². The van der Waals surface area contributed by atoms with E-state index in [4.69, 9.17) is 4.52 Å². The van der Waals surface area contributed by atoms with Gasteiger partial charge in [-0.25, -0.2) is 0 Å². The second-order valence-corrected chi connectivity index (χ2v) is 5.33. The predicted octanol–water partition coefficient (Wildman–Crippen LogP) is 2.27. The lowest BCUT2D eigenvalue weighted by Gasteiger charge is -2.17. The van der Waals surface area contributed by atoms with E-state index in [2.05, 4.69) is 34.4 Å². The summed E-state index contributed by atoms with van der Waals surface area (Å²) in [4.78, 5) is 4.40. The minimum atomic E-state index is 0.0414. The Morgan fingerprint density at radius 1 is 1.40 bits per heavy atom. The van der Waals surface area contributed by atoms with Crippen LogP contribution in [0.2, 0.25) is 0 Å². The molecule has 0 aliphatic rings. The molecule has 0 unspecified atom stereocenters. The van der Waals surface area contributed by atoms with Crippen molar-refractivity contribution < 1.29 is 4.52 Å². The molecule has 1 N–H and O–H groups in total. The summed E-state index contributed by atoms with van der Waals surface area (Å²) < 4.78 is 7.23. The second kappa shape index (κ2) is 6.65. The quantitative estimate of drug-likeness (QED) is 0.840. The molecule has 2 rings (SSSR count). The summed E-state index contributed by atoms with van der Waals surface area (Å²) in [6.45, 7) is 9.11. The fraction of sp³-hybridized carbons (Fsp3) is 0.643. The van der Waals surface area contributed by atoms with Gasteiger partial charge in [0.25, 0.3) is 0 Å². The van der Waals surface area contributed by atoms with E-state index < -0.39 is 0 Å². The summed E-state index contributed by atoms with van der Waals surface area (Å²) in [5.74, 6) is 1.43. The van der Waals surface area contributed by atoms with Gasteiger partial charge in [-0.1, -0.05) is 12.1 Å². The van der Waals surface area contributed by atoms with Crippen LogP contribution in [0.25, 0.3) is 0 Å². The fourth-order valence-electron chi connectivity index (χ4n) is 2.17. The maximum atomic E-state index is 5.29. The van der Waals surface area contributed by atoms with Crippen LogP contribution in [0.15, 0.2) is 16.9 Å². The van der Waals surface area contributed by atoms with Gasteiger partial charge < -0.3 is 9.84 Å². The van der Waals surface area contributed by atoms with Crippen molar-refractivity contribution in [3.05, 3.63) is 29.7 Å². The molecule has 6 nitrogen and oxygen atoms in total. The lowest BCUT2D eigenvalue weighted by molar-refractivity contribution is 0.314. The molecule has 0 aromatic carbocycles. The van der Waals surface area contributed by atoms with Gasteiger partial charge in [0.2, 0.25) is 5.89 Å². The van der Waals surface area contributed by atoms with E-state index in [-0.39, 0.29) is 12.1 Å². The van der Waals surface area contributed by atoms with Gasteiger partial charge in [-0.05, 0) is 32.8 Å². The summed E-state index contributed by atoms with van der Waals surface area (Å²) in [5.41, 5.74) is 1.17. The van der Waals surface area contributed by atoms with E-state index >= 15 is 0 Å². The SMILES string of the molecule is CCCc1noc([C@@H](C)N[C@H](C)Cn2cc(C)cn2)n1. The molecule has 2 atom stereocenters. The maximum absolute atomic E-state index is 5.29. The topological polar surface area (TPSA) is 68.8 Å². The minimum Gasteiger partial charge on any atom is -0.338 e. The van der Waals surface area contributed by atoms with Gasteiger partial charge in [0, 0.05) is 18.7 Å². The summed E-state index contributed by atoms with van der Waals surface area (Å²) in [6, 6.07) is 0.311. The average molecular weight is 277 g/mol. The zero-order chi connectivity index (χ0) is 14.5. The molecule has 2 aromatic heterocycles. The monoisotopic (exact) mass is 277 g/mol. The first-order valence-electron chi connectivity index (χ1n) is 7.16. The Kier molecular flexibility index (Phi) is 4.89. The van der Waals surface area contributed by atoms with Crippen LogP contribution in [0.4, 0.5) is 0 Å². The molecular formula is C14H23N5O. The summed E-state index contributed by atoms with van der Waals surface area (Å²) in [7, 11) is 0. The van der Waals surface area contributed by atoms with E-state index in [9.17, 15) is 0 Å². The fourth-order valence-corrected chi connectivity index (χ4v) is 2.17. The molecule has 0 spiro atoms. The van der Waals surface area contributed by atoms with Gasteiger partial charge in [0.1, 0.15) is 0 Å². The van der Waals surface area contributed by atoms with Crippen molar-refractivity contribution in [3.63, 3.8) is 0 Å². The highest BCUT2D eigenvalue weighted by Gasteiger charge is 2.16. The summed E-state index contributed by atoms with van der Waals surface area (Å²) in [5, 5.41) is 11.7. The molecule has 110 valence electrons. The zero-order valence-electron chi connectivity index (χ0n) is 12.6. The number of nitrogens with zero attached hydrogens (tertiary/aromatic N) is 4. The average Bonchev–Trinajstić information content (AvgIpc) is 2.99. The standard InChI is InChI=1S/C14H23N5O/c1-5-6-13-17-14(20-18-13)12(4)16-11(3)9-19-8-10(2)7-15-19/h7-8,11-12,16H,5-6,9H2,1-4H3/t11-,12-/m1/s1. The van der Waals surface area contributed by atoms with Crippen molar-refractivity contribution in [1.82, 2.24) is 25.2 Å². The summed E-state index contributed by atoms with van der Waals surface area (Å²) >= 11 is 0. The molecule has 0 saturated heterocycles. The van der Waals surface area contributed by atoms with Crippen LogP contribution in [0.5, 0.6) is 0 Å². The van der Waals surface area contributed by atoms with Gasteiger partial charge >= 0.3 is 0 Å². The van der Waals surface area contributed by atoms with E-state index in [1.807, 2.05) is 30.9 Å². The lowest BCUT2D eigenvalue weighted by atomic mass is 10.2. The minimum absolute atomic E-state index is 0.0414. The van der Waals surface area contributed by atoms with Crippen LogP contribution < -0.4 is 5.32 Å².